The highest BCUT2D eigenvalue weighted by atomic mass is 35.5. The summed E-state index contributed by atoms with van der Waals surface area (Å²) in [6.07, 6.45) is 1.42. The van der Waals surface area contributed by atoms with Gasteiger partial charge in [-0.2, -0.15) is 0 Å². The van der Waals surface area contributed by atoms with Crippen molar-refractivity contribution in [3.8, 4) is 0 Å². The zero-order valence-electron chi connectivity index (χ0n) is 18.1. The summed E-state index contributed by atoms with van der Waals surface area (Å²) in [4.78, 5) is 45.3. The molecule has 162 valence electrons. The Balaban J connectivity index is 1.83. The van der Waals surface area contributed by atoms with Crippen molar-refractivity contribution in [2.45, 2.75) is 32.7 Å². The summed E-state index contributed by atoms with van der Waals surface area (Å²) in [5.74, 6) is -2.40. The first-order chi connectivity index (χ1) is 15.3. The Bertz CT molecular complexity index is 1170. The first kappa shape index (κ1) is 21.9. The van der Waals surface area contributed by atoms with Crippen LogP contribution in [0.3, 0.4) is 0 Å². The average molecular weight is 447 g/mol. The van der Waals surface area contributed by atoms with E-state index in [-0.39, 0.29) is 11.6 Å². The summed E-state index contributed by atoms with van der Waals surface area (Å²) < 4.78 is 0. The van der Waals surface area contributed by atoms with Crippen LogP contribution in [0.1, 0.15) is 52.9 Å². The lowest BCUT2D eigenvalue weighted by Crippen LogP contribution is -2.31. The summed E-state index contributed by atoms with van der Waals surface area (Å²) in [5, 5.41) is 0.414. The fourth-order valence-corrected chi connectivity index (χ4v) is 4.12. The lowest BCUT2D eigenvalue weighted by Gasteiger charge is -2.26. The number of benzene rings is 2. The molecule has 1 aliphatic heterocycles. The summed E-state index contributed by atoms with van der Waals surface area (Å²) in [5.41, 5.74) is 3.23. The second kappa shape index (κ2) is 8.67. The van der Waals surface area contributed by atoms with E-state index >= 15 is 0 Å². The van der Waals surface area contributed by atoms with Crippen LogP contribution in [-0.4, -0.2) is 22.5 Å². The van der Waals surface area contributed by atoms with Gasteiger partial charge in [0.2, 0.25) is 5.78 Å². The lowest BCUT2D eigenvalue weighted by atomic mass is 9.85. The van der Waals surface area contributed by atoms with Gasteiger partial charge >= 0.3 is 0 Å². The number of carbonyl (C=O) groups excluding carboxylic acids is 3. The van der Waals surface area contributed by atoms with Gasteiger partial charge in [-0.3, -0.25) is 19.3 Å². The van der Waals surface area contributed by atoms with Crippen molar-refractivity contribution < 1.29 is 14.4 Å². The Morgan fingerprint density at radius 3 is 2.19 bits per heavy atom. The third-order valence-electron chi connectivity index (χ3n) is 5.83. The van der Waals surface area contributed by atoms with Gasteiger partial charge in [0.05, 0.1) is 11.1 Å². The molecular formula is C26H23ClN2O3. The molecule has 1 aliphatic rings. The van der Waals surface area contributed by atoms with Crippen LogP contribution in [0.15, 0.2) is 66.9 Å². The van der Waals surface area contributed by atoms with Crippen molar-refractivity contribution >= 4 is 34.9 Å². The largest absolute Gasteiger partial charge is 0.297 e. The molecule has 1 fully saturated rings. The van der Waals surface area contributed by atoms with E-state index in [4.69, 9.17) is 11.6 Å². The number of hydrogen-bond acceptors (Lipinski definition) is 4. The number of rotatable bonds is 5. The molecule has 0 bridgehead atoms. The van der Waals surface area contributed by atoms with E-state index in [9.17, 15) is 14.4 Å². The van der Waals surface area contributed by atoms with Crippen LogP contribution >= 0.6 is 11.6 Å². The molecule has 0 spiro atoms. The first-order valence-electron chi connectivity index (χ1n) is 10.5. The molecule has 0 aliphatic carbocycles. The van der Waals surface area contributed by atoms with Gasteiger partial charge < -0.3 is 0 Å². The number of Topliss-reactive ketones (excluding diaryl/α,β-unsaturated/α-hetero) is 2. The zero-order valence-corrected chi connectivity index (χ0v) is 18.8. The predicted molar refractivity (Wildman–Crippen MR) is 124 cm³/mol. The Morgan fingerprint density at radius 2 is 1.62 bits per heavy atom. The van der Waals surface area contributed by atoms with Gasteiger partial charge in [-0.1, -0.05) is 79.5 Å². The zero-order chi connectivity index (χ0) is 23.0. The highest BCUT2D eigenvalue weighted by Crippen LogP contribution is 2.41. The number of halogens is 1. The van der Waals surface area contributed by atoms with Crippen LogP contribution in [0.2, 0.25) is 5.02 Å². The standard InChI is InChI=1S/C26H23ClN2O3/c1-15(2)17-8-10-18(11-9-17)23-22(24(30)19-6-4-16(3)5-7-19)25(31)26(32)29(23)21-13-12-20(27)14-28-21/h4-15,22-23H,1-3H3. The van der Waals surface area contributed by atoms with E-state index in [1.54, 1.807) is 24.3 Å². The number of anilines is 1. The molecule has 1 amide bonds. The van der Waals surface area contributed by atoms with Gasteiger partial charge in [0.15, 0.2) is 5.78 Å². The molecule has 2 atom stereocenters. The number of aromatic nitrogens is 1. The molecule has 0 N–H and O–H groups in total. The Kier molecular flexibility index (Phi) is 5.94. The Morgan fingerprint density at radius 1 is 0.969 bits per heavy atom. The predicted octanol–water partition coefficient (Wildman–Crippen LogP) is 5.32. The molecule has 5 nitrogen and oxygen atoms in total. The summed E-state index contributed by atoms with van der Waals surface area (Å²) >= 11 is 5.97. The van der Waals surface area contributed by atoms with E-state index in [1.165, 1.54) is 11.1 Å². The number of hydrogen-bond donors (Lipinski definition) is 0. The number of ketones is 2. The Hall–Kier alpha value is -3.31. The molecule has 1 saturated heterocycles. The lowest BCUT2D eigenvalue weighted by molar-refractivity contribution is -0.135. The van der Waals surface area contributed by atoms with Crippen molar-refractivity contribution in [2.75, 3.05) is 4.90 Å². The van der Waals surface area contributed by atoms with Crippen molar-refractivity contribution in [1.29, 1.82) is 0 Å². The van der Waals surface area contributed by atoms with E-state index in [2.05, 4.69) is 18.8 Å². The minimum absolute atomic E-state index is 0.282. The summed E-state index contributed by atoms with van der Waals surface area (Å²) in [6.45, 7) is 6.10. The number of pyridine rings is 1. The smallest absolute Gasteiger partial charge is 0.293 e. The van der Waals surface area contributed by atoms with Crippen LogP contribution in [-0.2, 0) is 9.59 Å². The van der Waals surface area contributed by atoms with Crippen molar-refractivity contribution in [2.24, 2.45) is 5.92 Å². The molecule has 2 heterocycles. The third-order valence-corrected chi connectivity index (χ3v) is 6.05. The van der Waals surface area contributed by atoms with Gasteiger partial charge in [0.1, 0.15) is 11.7 Å². The van der Waals surface area contributed by atoms with Gasteiger partial charge in [0.25, 0.3) is 5.91 Å². The highest BCUT2D eigenvalue weighted by Gasteiger charge is 2.52. The monoisotopic (exact) mass is 446 g/mol. The van der Waals surface area contributed by atoms with Gasteiger partial charge in [-0.25, -0.2) is 4.98 Å². The fourth-order valence-electron chi connectivity index (χ4n) is 4.01. The fraction of sp³-hybridized carbons (Fsp3) is 0.231. The van der Waals surface area contributed by atoms with Gasteiger partial charge in [-0.15, -0.1) is 0 Å². The number of amides is 1. The molecule has 0 radical (unpaired) electrons. The van der Waals surface area contributed by atoms with Crippen molar-refractivity contribution in [3.63, 3.8) is 0 Å². The van der Waals surface area contributed by atoms with Crippen LogP contribution < -0.4 is 4.90 Å². The minimum atomic E-state index is -1.16. The highest BCUT2D eigenvalue weighted by molar-refractivity contribution is 6.48. The average Bonchev–Trinajstić information content (AvgIpc) is 3.05. The van der Waals surface area contributed by atoms with Crippen molar-refractivity contribution in [1.82, 2.24) is 4.98 Å². The maximum absolute atomic E-state index is 13.5. The van der Waals surface area contributed by atoms with E-state index < -0.39 is 23.7 Å². The molecular weight excluding hydrogens is 424 g/mol. The molecule has 6 heteroatoms. The topological polar surface area (TPSA) is 67.3 Å². The normalized spacial score (nSPS) is 18.5. The molecule has 4 rings (SSSR count). The molecule has 32 heavy (non-hydrogen) atoms. The van der Waals surface area contributed by atoms with E-state index in [1.807, 2.05) is 43.3 Å². The first-order valence-corrected chi connectivity index (χ1v) is 10.9. The Labute approximate surface area is 192 Å². The second-order valence-corrected chi connectivity index (χ2v) is 8.78. The second-order valence-electron chi connectivity index (χ2n) is 8.35. The third kappa shape index (κ3) is 3.96. The van der Waals surface area contributed by atoms with Crippen LogP contribution in [0.25, 0.3) is 0 Å². The maximum atomic E-state index is 13.5. The number of aryl methyl sites for hydroxylation is 1. The SMILES string of the molecule is Cc1ccc(C(=O)C2C(=O)C(=O)N(c3ccc(Cl)cn3)C2c2ccc(C(C)C)cc2)cc1. The molecule has 2 unspecified atom stereocenters. The quantitative estimate of drug-likeness (QED) is 0.302. The van der Waals surface area contributed by atoms with Gasteiger partial charge in [-0.05, 0) is 36.1 Å². The van der Waals surface area contributed by atoms with E-state index in [0.29, 0.717) is 22.1 Å². The molecule has 0 saturated carbocycles. The van der Waals surface area contributed by atoms with E-state index in [0.717, 1.165) is 11.1 Å². The van der Waals surface area contributed by atoms with Crippen LogP contribution in [0.5, 0.6) is 0 Å². The minimum Gasteiger partial charge on any atom is -0.293 e. The van der Waals surface area contributed by atoms with Crippen LogP contribution in [0, 0.1) is 12.8 Å². The summed E-state index contributed by atoms with van der Waals surface area (Å²) in [7, 11) is 0. The number of nitrogens with zero attached hydrogens (tertiary/aromatic N) is 2. The molecule has 2 aromatic carbocycles. The van der Waals surface area contributed by atoms with Crippen LogP contribution in [0.4, 0.5) is 5.82 Å². The van der Waals surface area contributed by atoms with Crippen molar-refractivity contribution in [3.05, 3.63) is 94.1 Å². The molecule has 1 aromatic heterocycles. The van der Waals surface area contributed by atoms with Gasteiger partial charge in [0, 0.05) is 11.8 Å². The maximum Gasteiger partial charge on any atom is 0.297 e. The molecule has 3 aromatic rings. The number of carbonyl (C=O) groups is 3. The summed E-state index contributed by atoms with van der Waals surface area (Å²) in [6, 6.07) is 17.1.